The van der Waals surface area contributed by atoms with Gasteiger partial charge >= 0.3 is 6.18 Å². The van der Waals surface area contributed by atoms with Crippen molar-refractivity contribution in [1.82, 2.24) is 0 Å². The molecule has 2 atom stereocenters. The van der Waals surface area contributed by atoms with Crippen molar-refractivity contribution in [3.8, 4) is 0 Å². The molecule has 68 valence electrons. The second kappa shape index (κ2) is 2.62. The maximum Gasteiger partial charge on any atom is 0.399 e. The fraction of sp³-hybridized carbons (Fsp3) is 0.500. The first kappa shape index (κ1) is 9.32. The molecule has 0 aliphatic heterocycles. The van der Waals surface area contributed by atoms with Crippen LogP contribution in [0.4, 0.5) is 13.2 Å². The monoisotopic (exact) mass is 177 g/mol. The Morgan fingerprint density at radius 3 is 2.25 bits per heavy atom. The molecule has 0 heterocycles. The Morgan fingerprint density at radius 2 is 1.92 bits per heavy atom. The number of rotatable bonds is 0. The quantitative estimate of drug-likeness (QED) is 0.601. The minimum Gasteiger partial charge on any atom is -0.323 e. The van der Waals surface area contributed by atoms with Crippen molar-refractivity contribution in [2.75, 3.05) is 0 Å². The summed E-state index contributed by atoms with van der Waals surface area (Å²) >= 11 is 0. The first-order valence-electron chi connectivity index (χ1n) is 3.56. The Hall–Kier alpha value is -0.770. The molecule has 1 nitrogen and oxygen atoms in total. The summed E-state index contributed by atoms with van der Waals surface area (Å²) in [7, 11) is 0. The lowest BCUT2D eigenvalue weighted by Crippen LogP contribution is -2.48. The summed E-state index contributed by atoms with van der Waals surface area (Å²) < 4.78 is 37.2. The van der Waals surface area contributed by atoms with E-state index in [-0.39, 0.29) is 0 Å². The van der Waals surface area contributed by atoms with E-state index in [1.165, 1.54) is 18.2 Å². The zero-order valence-corrected chi connectivity index (χ0v) is 6.60. The summed E-state index contributed by atoms with van der Waals surface area (Å²) in [4.78, 5) is 0. The Kier molecular flexibility index (Phi) is 2.04. The van der Waals surface area contributed by atoms with Crippen LogP contribution in [0.3, 0.4) is 0 Å². The van der Waals surface area contributed by atoms with E-state index in [9.17, 15) is 13.2 Å². The van der Waals surface area contributed by atoms with Crippen molar-refractivity contribution in [1.29, 1.82) is 0 Å². The number of alkyl halides is 3. The molecule has 1 aliphatic carbocycles. The van der Waals surface area contributed by atoms with Crippen LogP contribution in [0.2, 0.25) is 0 Å². The van der Waals surface area contributed by atoms with Gasteiger partial charge in [0.2, 0.25) is 0 Å². The standard InChI is InChI=1S/C8H10F3N/c1-7(8(9,10)11)5-3-2-4-6(7)12/h2-6H,12H2,1H3. The Balaban J connectivity index is 2.99. The van der Waals surface area contributed by atoms with Gasteiger partial charge in [-0.1, -0.05) is 24.3 Å². The Labute approximate surface area is 68.7 Å². The largest absolute Gasteiger partial charge is 0.399 e. The molecule has 1 aliphatic rings. The molecule has 2 unspecified atom stereocenters. The third-order valence-corrected chi connectivity index (χ3v) is 2.18. The van der Waals surface area contributed by atoms with Crippen LogP contribution in [-0.4, -0.2) is 12.2 Å². The zero-order valence-electron chi connectivity index (χ0n) is 6.60. The molecule has 4 heteroatoms. The maximum atomic E-state index is 12.4. The predicted molar refractivity (Wildman–Crippen MR) is 40.4 cm³/mol. The molecule has 0 fully saturated rings. The minimum absolute atomic E-state index is 0.984. The Morgan fingerprint density at radius 1 is 1.33 bits per heavy atom. The van der Waals surface area contributed by atoms with Crippen molar-refractivity contribution >= 4 is 0 Å². The molecule has 0 bridgehead atoms. The third-order valence-electron chi connectivity index (χ3n) is 2.18. The SMILES string of the molecule is CC1(C(F)(F)F)C=CC=CC1N. The summed E-state index contributed by atoms with van der Waals surface area (Å²) in [5.41, 5.74) is 3.43. The van der Waals surface area contributed by atoms with Crippen LogP contribution in [0, 0.1) is 5.41 Å². The lowest BCUT2D eigenvalue weighted by Gasteiger charge is -2.34. The first-order chi connectivity index (χ1) is 5.38. The van der Waals surface area contributed by atoms with Gasteiger partial charge in [-0.2, -0.15) is 13.2 Å². The van der Waals surface area contributed by atoms with Crippen molar-refractivity contribution in [2.45, 2.75) is 19.1 Å². The fourth-order valence-corrected chi connectivity index (χ4v) is 1.03. The number of nitrogens with two attached hydrogens (primary N) is 1. The molecule has 0 saturated heterocycles. The normalized spacial score (nSPS) is 35.6. The van der Waals surface area contributed by atoms with Crippen molar-refractivity contribution < 1.29 is 13.2 Å². The summed E-state index contributed by atoms with van der Waals surface area (Å²) in [6, 6.07) is -0.984. The van der Waals surface area contributed by atoms with E-state index in [2.05, 4.69) is 0 Å². The lowest BCUT2D eigenvalue weighted by molar-refractivity contribution is -0.203. The second-order valence-electron chi connectivity index (χ2n) is 3.05. The zero-order chi connectivity index (χ0) is 9.41. The van der Waals surface area contributed by atoms with Gasteiger partial charge in [-0.3, -0.25) is 0 Å². The van der Waals surface area contributed by atoms with Gasteiger partial charge in [-0.25, -0.2) is 0 Å². The van der Waals surface area contributed by atoms with Crippen LogP contribution >= 0.6 is 0 Å². The molecule has 0 aromatic heterocycles. The molecule has 12 heavy (non-hydrogen) atoms. The van der Waals surface area contributed by atoms with Gasteiger partial charge in [0.05, 0.1) is 0 Å². The van der Waals surface area contributed by atoms with Crippen LogP contribution < -0.4 is 5.73 Å². The lowest BCUT2D eigenvalue weighted by atomic mass is 9.79. The summed E-state index contributed by atoms with van der Waals surface area (Å²) in [5, 5.41) is 0. The van der Waals surface area contributed by atoms with Gasteiger partial charge in [-0.15, -0.1) is 0 Å². The van der Waals surface area contributed by atoms with E-state index < -0.39 is 17.6 Å². The highest BCUT2D eigenvalue weighted by molar-refractivity contribution is 5.23. The molecule has 0 radical (unpaired) electrons. The topological polar surface area (TPSA) is 26.0 Å². The number of halogens is 3. The highest BCUT2D eigenvalue weighted by Crippen LogP contribution is 2.42. The van der Waals surface area contributed by atoms with Gasteiger partial charge in [-0.05, 0) is 6.92 Å². The van der Waals surface area contributed by atoms with Crippen LogP contribution in [0.1, 0.15) is 6.92 Å². The van der Waals surface area contributed by atoms with Gasteiger partial charge < -0.3 is 5.73 Å². The van der Waals surface area contributed by atoms with E-state index in [0.29, 0.717) is 0 Å². The fourth-order valence-electron chi connectivity index (χ4n) is 1.03. The minimum atomic E-state index is -4.28. The second-order valence-corrected chi connectivity index (χ2v) is 3.05. The molecular weight excluding hydrogens is 167 g/mol. The Bertz CT molecular complexity index is 229. The maximum absolute atomic E-state index is 12.4. The smallest absolute Gasteiger partial charge is 0.323 e. The molecule has 0 aromatic rings. The molecule has 0 spiro atoms. The predicted octanol–water partition coefficient (Wildman–Crippen LogP) is 2.01. The number of hydrogen-bond donors (Lipinski definition) is 1. The van der Waals surface area contributed by atoms with Gasteiger partial charge in [0.25, 0.3) is 0 Å². The van der Waals surface area contributed by atoms with Gasteiger partial charge in [0, 0.05) is 6.04 Å². The van der Waals surface area contributed by atoms with Gasteiger partial charge in [0.15, 0.2) is 0 Å². The molecule has 2 N–H and O–H groups in total. The highest BCUT2D eigenvalue weighted by atomic mass is 19.4. The van der Waals surface area contributed by atoms with Crippen LogP contribution in [-0.2, 0) is 0 Å². The molecule has 0 amide bonds. The molecule has 1 rings (SSSR count). The average molecular weight is 177 g/mol. The van der Waals surface area contributed by atoms with Crippen LogP contribution in [0.5, 0.6) is 0 Å². The van der Waals surface area contributed by atoms with Gasteiger partial charge in [0.1, 0.15) is 5.41 Å². The summed E-state index contributed by atoms with van der Waals surface area (Å²) in [6.07, 6.45) is 1.06. The summed E-state index contributed by atoms with van der Waals surface area (Å²) in [6.45, 7) is 1.09. The average Bonchev–Trinajstić information content (AvgIpc) is 1.93. The number of hydrogen-bond acceptors (Lipinski definition) is 1. The molecule has 0 saturated carbocycles. The van der Waals surface area contributed by atoms with Crippen molar-refractivity contribution in [3.05, 3.63) is 24.3 Å². The highest BCUT2D eigenvalue weighted by Gasteiger charge is 2.52. The third kappa shape index (κ3) is 1.27. The van der Waals surface area contributed by atoms with Crippen LogP contribution in [0.15, 0.2) is 24.3 Å². The van der Waals surface area contributed by atoms with Crippen LogP contribution in [0.25, 0.3) is 0 Å². The molecular formula is C8H10F3N. The van der Waals surface area contributed by atoms with Crippen molar-refractivity contribution in [3.63, 3.8) is 0 Å². The first-order valence-corrected chi connectivity index (χ1v) is 3.56. The van der Waals surface area contributed by atoms with E-state index in [4.69, 9.17) is 5.73 Å². The number of allylic oxidation sites excluding steroid dienone is 2. The van der Waals surface area contributed by atoms with E-state index >= 15 is 0 Å². The van der Waals surface area contributed by atoms with E-state index in [0.717, 1.165) is 13.0 Å². The van der Waals surface area contributed by atoms with Crippen molar-refractivity contribution in [2.24, 2.45) is 11.1 Å². The van der Waals surface area contributed by atoms with E-state index in [1.807, 2.05) is 0 Å². The van der Waals surface area contributed by atoms with E-state index in [1.54, 1.807) is 0 Å². The summed E-state index contributed by atoms with van der Waals surface area (Å²) in [5.74, 6) is 0. The molecule has 0 aromatic carbocycles.